The van der Waals surface area contributed by atoms with Crippen LogP contribution in [0.5, 0.6) is 5.75 Å². The van der Waals surface area contributed by atoms with Gasteiger partial charge in [0.05, 0.1) is 14.2 Å². The van der Waals surface area contributed by atoms with Crippen molar-refractivity contribution in [1.29, 1.82) is 0 Å². The Labute approximate surface area is 160 Å². The van der Waals surface area contributed by atoms with Crippen LogP contribution in [0.1, 0.15) is 15.9 Å². The van der Waals surface area contributed by atoms with Crippen molar-refractivity contribution in [1.82, 2.24) is 5.32 Å². The Hall–Kier alpha value is -3.61. The normalized spacial score (nSPS) is 11.6. The average Bonchev–Trinajstić information content (AvgIpc) is 2.72. The zero-order valence-corrected chi connectivity index (χ0v) is 15.4. The lowest BCUT2D eigenvalue weighted by molar-refractivity contribution is -0.142. The van der Waals surface area contributed by atoms with Crippen LogP contribution < -0.4 is 15.7 Å². The molecule has 0 radical (unpaired) electrons. The van der Waals surface area contributed by atoms with Crippen LogP contribution in [-0.2, 0) is 16.0 Å². The summed E-state index contributed by atoms with van der Waals surface area (Å²) in [5.41, 5.74) is 0.223. The smallest absolute Gasteiger partial charge is 0.349 e. The molecule has 0 aliphatic carbocycles. The van der Waals surface area contributed by atoms with E-state index in [1.807, 2.05) is 0 Å². The number of fused-ring (bicyclic) bond motifs is 1. The van der Waals surface area contributed by atoms with E-state index in [1.165, 1.54) is 13.2 Å². The predicted octanol–water partition coefficient (Wildman–Crippen LogP) is 2.32. The Bertz CT molecular complexity index is 1050. The van der Waals surface area contributed by atoms with Crippen LogP contribution >= 0.6 is 0 Å². The Morgan fingerprint density at radius 3 is 2.46 bits per heavy atom. The van der Waals surface area contributed by atoms with Gasteiger partial charge in [0.15, 0.2) is 0 Å². The van der Waals surface area contributed by atoms with Gasteiger partial charge in [-0.15, -0.1) is 0 Å². The van der Waals surface area contributed by atoms with E-state index < -0.39 is 23.5 Å². The van der Waals surface area contributed by atoms with Crippen LogP contribution in [0.15, 0.2) is 63.8 Å². The van der Waals surface area contributed by atoms with Crippen molar-refractivity contribution in [3.05, 3.63) is 76.1 Å². The molecule has 1 atom stereocenters. The van der Waals surface area contributed by atoms with E-state index in [1.54, 1.807) is 55.6 Å². The molecule has 28 heavy (non-hydrogen) atoms. The van der Waals surface area contributed by atoms with Gasteiger partial charge in [0, 0.05) is 11.8 Å². The fraction of sp³-hybridized carbons (Fsp3) is 0.190. The van der Waals surface area contributed by atoms with Gasteiger partial charge in [-0.3, -0.25) is 4.79 Å². The summed E-state index contributed by atoms with van der Waals surface area (Å²) in [4.78, 5) is 36.9. The molecular weight excluding hydrogens is 362 g/mol. The predicted molar refractivity (Wildman–Crippen MR) is 102 cm³/mol. The van der Waals surface area contributed by atoms with E-state index >= 15 is 0 Å². The monoisotopic (exact) mass is 381 g/mol. The highest BCUT2D eigenvalue weighted by Crippen LogP contribution is 2.15. The minimum atomic E-state index is -0.961. The first-order valence-electron chi connectivity index (χ1n) is 8.56. The third-order valence-corrected chi connectivity index (χ3v) is 4.28. The number of ether oxygens (including phenoxy) is 2. The molecule has 1 N–H and O–H groups in total. The molecule has 3 aromatic rings. The summed E-state index contributed by atoms with van der Waals surface area (Å²) >= 11 is 0. The SMILES string of the molecule is COC(=O)[C@H](Cc1ccc(OC)cc1)NC(=O)c1cc2ccccc2oc1=O. The first kappa shape index (κ1) is 19.2. The fourth-order valence-corrected chi connectivity index (χ4v) is 2.79. The van der Waals surface area contributed by atoms with Crippen molar-refractivity contribution < 1.29 is 23.5 Å². The summed E-state index contributed by atoms with van der Waals surface area (Å²) in [5, 5.41) is 3.17. The number of benzene rings is 2. The number of hydrogen-bond donors (Lipinski definition) is 1. The minimum Gasteiger partial charge on any atom is -0.497 e. The number of carbonyl (C=O) groups excluding carboxylic acids is 2. The molecular formula is C21H19NO6. The Kier molecular flexibility index (Phi) is 5.74. The lowest BCUT2D eigenvalue weighted by Gasteiger charge is -2.16. The fourth-order valence-electron chi connectivity index (χ4n) is 2.79. The number of para-hydroxylation sites is 1. The number of rotatable bonds is 6. The summed E-state index contributed by atoms with van der Waals surface area (Å²) < 4.78 is 15.1. The second-order valence-corrected chi connectivity index (χ2v) is 6.09. The average molecular weight is 381 g/mol. The first-order chi connectivity index (χ1) is 13.5. The summed E-state index contributed by atoms with van der Waals surface area (Å²) in [6.45, 7) is 0. The van der Waals surface area contributed by atoms with Gasteiger partial charge in [-0.2, -0.15) is 0 Å². The molecule has 0 aliphatic heterocycles. The van der Waals surface area contributed by atoms with Crippen molar-refractivity contribution in [2.24, 2.45) is 0 Å². The quantitative estimate of drug-likeness (QED) is 0.520. The minimum absolute atomic E-state index is 0.178. The van der Waals surface area contributed by atoms with Gasteiger partial charge in [-0.05, 0) is 29.8 Å². The maximum absolute atomic E-state index is 12.6. The molecule has 3 rings (SSSR count). The van der Waals surface area contributed by atoms with Gasteiger partial charge >= 0.3 is 11.6 Å². The number of nitrogens with one attached hydrogen (secondary N) is 1. The molecule has 0 saturated carbocycles. The second kappa shape index (κ2) is 8.39. The number of hydrogen-bond acceptors (Lipinski definition) is 6. The van der Waals surface area contributed by atoms with Crippen LogP contribution in [0.3, 0.4) is 0 Å². The van der Waals surface area contributed by atoms with Crippen molar-refractivity contribution in [3.63, 3.8) is 0 Å². The van der Waals surface area contributed by atoms with Crippen LogP contribution in [0.25, 0.3) is 11.0 Å². The molecule has 2 aromatic carbocycles. The van der Waals surface area contributed by atoms with E-state index in [0.29, 0.717) is 16.7 Å². The number of amides is 1. The summed E-state index contributed by atoms with van der Waals surface area (Å²) in [6.07, 6.45) is 0.196. The molecule has 7 heteroatoms. The Morgan fingerprint density at radius 2 is 1.79 bits per heavy atom. The first-order valence-corrected chi connectivity index (χ1v) is 8.56. The molecule has 144 valence electrons. The Morgan fingerprint density at radius 1 is 1.07 bits per heavy atom. The highest BCUT2D eigenvalue weighted by Gasteiger charge is 2.24. The summed E-state index contributed by atoms with van der Waals surface area (Å²) in [7, 11) is 2.79. The molecule has 1 aromatic heterocycles. The standard InChI is InChI=1S/C21H19NO6/c1-26-15-9-7-13(8-10-15)11-17(21(25)27-2)22-19(23)16-12-14-5-3-4-6-18(14)28-20(16)24/h3-10,12,17H,11H2,1-2H3,(H,22,23)/t17-/m0/s1. The zero-order chi connectivity index (χ0) is 20.1. The lowest BCUT2D eigenvalue weighted by Crippen LogP contribution is -2.44. The van der Waals surface area contributed by atoms with Gasteiger partial charge in [0.25, 0.3) is 5.91 Å². The molecule has 0 saturated heterocycles. The molecule has 0 fully saturated rings. The van der Waals surface area contributed by atoms with Gasteiger partial charge in [0.2, 0.25) is 0 Å². The molecule has 1 heterocycles. The van der Waals surface area contributed by atoms with Crippen molar-refractivity contribution >= 4 is 22.8 Å². The van der Waals surface area contributed by atoms with Crippen molar-refractivity contribution in [2.75, 3.05) is 14.2 Å². The molecule has 1 amide bonds. The number of carbonyl (C=O) groups is 2. The van der Waals surface area contributed by atoms with Crippen LogP contribution in [0.4, 0.5) is 0 Å². The van der Waals surface area contributed by atoms with Crippen molar-refractivity contribution in [2.45, 2.75) is 12.5 Å². The van der Waals surface area contributed by atoms with Crippen LogP contribution in [0, 0.1) is 0 Å². The molecule has 0 unspecified atom stereocenters. The van der Waals surface area contributed by atoms with Crippen LogP contribution in [-0.4, -0.2) is 32.1 Å². The summed E-state index contributed by atoms with van der Waals surface area (Å²) in [5.74, 6) is -0.645. The lowest BCUT2D eigenvalue weighted by atomic mass is 10.1. The Balaban J connectivity index is 1.84. The maximum atomic E-state index is 12.6. The summed E-state index contributed by atoms with van der Waals surface area (Å²) in [6, 6.07) is 14.4. The molecule has 7 nitrogen and oxygen atoms in total. The van der Waals surface area contributed by atoms with Gasteiger partial charge in [-0.1, -0.05) is 30.3 Å². The molecule has 0 aliphatic rings. The van der Waals surface area contributed by atoms with E-state index in [4.69, 9.17) is 13.9 Å². The highest BCUT2D eigenvalue weighted by molar-refractivity contribution is 5.98. The third kappa shape index (κ3) is 4.20. The van der Waals surface area contributed by atoms with Gasteiger partial charge in [0.1, 0.15) is 22.9 Å². The van der Waals surface area contributed by atoms with Gasteiger partial charge in [-0.25, -0.2) is 9.59 Å². The van der Waals surface area contributed by atoms with E-state index in [9.17, 15) is 14.4 Å². The van der Waals surface area contributed by atoms with Crippen LogP contribution in [0.2, 0.25) is 0 Å². The van der Waals surface area contributed by atoms with E-state index in [2.05, 4.69) is 5.32 Å². The zero-order valence-electron chi connectivity index (χ0n) is 15.4. The van der Waals surface area contributed by atoms with Gasteiger partial charge < -0.3 is 19.2 Å². The second-order valence-electron chi connectivity index (χ2n) is 6.09. The largest absolute Gasteiger partial charge is 0.497 e. The topological polar surface area (TPSA) is 94.8 Å². The van der Waals surface area contributed by atoms with E-state index in [0.717, 1.165) is 5.56 Å². The third-order valence-electron chi connectivity index (χ3n) is 4.28. The number of esters is 1. The molecule has 0 spiro atoms. The molecule has 0 bridgehead atoms. The maximum Gasteiger partial charge on any atom is 0.349 e. The van der Waals surface area contributed by atoms with Crippen molar-refractivity contribution in [3.8, 4) is 5.75 Å². The van der Waals surface area contributed by atoms with E-state index in [-0.39, 0.29) is 12.0 Å². The highest BCUT2D eigenvalue weighted by atomic mass is 16.5. The number of methoxy groups -OCH3 is 2.